The van der Waals surface area contributed by atoms with Gasteiger partial charge in [0.05, 0.1) is 0 Å². The lowest BCUT2D eigenvalue weighted by atomic mass is 9.95. The van der Waals surface area contributed by atoms with E-state index in [1.54, 1.807) is 18.2 Å². The Morgan fingerprint density at radius 3 is 2.68 bits per heavy atom. The van der Waals surface area contributed by atoms with Gasteiger partial charge < -0.3 is 24.3 Å². The van der Waals surface area contributed by atoms with E-state index in [0.29, 0.717) is 48.8 Å². The summed E-state index contributed by atoms with van der Waals surface area (Å²) in [4.78, 5) is 27.3. The number of nitrogens with zero attached hydrogens (tertiary/aromatic N) is 2. The number of hydrogen-bond donors (Lipinski definition) is 1. The van der Waals surface area contributed by atoms with Crippen molar-refractivity contribution >= 4 is 33.4 Å². The van der Waals surface area contributed by atoms with Crippen molar-refractivity contribution in [2.75, 3.05) is 25.2 Å². The molecule has 148 valence electrons. The van der Waals surface area contributed by atoms with Crippen molar-refractivity contribution in [2.45, 2.75) is 26.3 Å². The van der Waals surface area contributed by atoms with Crippen LogP contribution >= 0.6 is 15.9 Å². The van der Waals surface area contributed by atoms with E-state index in [1.807, 2.05) is 28.7 Å². The molecule has 2 aliphatic heterocycles. The number of halogens is 1. The molecule has 0 saturated carbocycles. The van der Waals surface area contributed by atoms with Crippen molar-refractivity contribution in [1.29, 1.82) is 0 Å². The molecule has 0 atom stereocenters. The lowest BCUT2D eigenvalue weighted by molar-refractivity contribution is -0.121. The average Bonchev–Trinajstić information content (AvgIpc) is 3.33. The van der Waals surface area contributed by atoms with Gasteiger partial charge in [-0.1, -0.05) is 0 Å². The molecule has 0 bridgehead atoms. The number of carbonyl (C=O) groups excluding carboxylic acids is 2. The summed E-state index contributed by atoms with van der Waals surface area (Å²) in [6.45, 7) is 4.10. The number of hydrogen-bond acceptors (Lipinski definition) is 4. The first-order valence-corrected chi connectivity index (χ1v) is 10.2. The first kappa shape index (κ1) is 18.9. The topological polar surface area (TPSA) is 72.8 Å². The van der Waals surface area contributed by atoms with E-state index in [0.717, 1.165) is 11.0 Å². The van der Waals surface area contributed by atoms with E-state index in [1.165, 1.54) is 0 Å². The molecule has 1 aromatic carbocycles. The molecule has 1 N–H and O–H groups in total. The van der Waals surface area contributed by atoms with Gasteiger partial charge in [-0.2, -0.15) is 0 Å². The normalized spacial score (nSPS) is 16.3. The van der Waals surface area contributed by atoms with E-state index in [2.05, 4.69) is 21.2 Å². The maximum atomic E-state index is 12.8. The molecular formula is C20H22BrN3O4. The number of benzene rings is 1. The molecule has 2 aliphatic rings. The molecule has 0 radical (unpaired) electrons. The van der Waals surface area contributed by atoms with Gasteiger partial charge in [-0.15, -0.1) is 0 Å². The van der Waals surface area contributed by atoms with Crippen molar-refractivity contribution in [3.63, 3.8) is 0 Å². The lowest BCUT2D eigenvalue weighted by Crippen LogP contribution is -2.42. The second-order valence-corrected chi connectivity index (χ2v) is 7.87. The zero-order valence-electron chi connectivity index (χ0n) is 15.6. The molecule has 7 nitrogen and oxygen atoms in total. The van der Waals surface area contributed by atoms with Crippen molar-refractivity contribution in [1.82, 2.24) is 9.47 Å². The zero-order valence-corrected chi connectivity index (χ0v) is 17.2. The number of piperidine rings is 1. The van der Waals surface area contributed by atoms with Crippen LogP contribution in [0, 0.1) is 5.92 Å². The first-order chi connectivity index (χ1) is 13.5. The third-order valence-electron chi connectivity index (χ3n) is 5.22. The summed E-state index contributed by atoms with van der Waals surface area (Å²) in [6, 6.07) is 7.22. The fourth-order valence-corrected chi connectivity index (χ4v) is 4.10. The van der Waals surface area contributed by atoms with Gasteiger partial charge in [0.1, 0.15) is 5.69 Å². The second kappa shape index (κ2) is 7.87. The molecule has 1 aromatic heterocycles. The summed E-state index contributed by atoms with van der Waals surface area (Å²) < 4.78 is 13.5. The molecule has 0 spiro atoms. The highest BCUT2D eigenvalue weighted by atomic mass is 79.9. The Morgan fingerprint density at radius 2 is 1.93 bits per heavy atom. The highest BCUT2D eigenvalue weighted by molar-refractivity contribution is 9.10. The van der Waals surface area contributed by atoms with E-state index in [4.69, 9.17) is 9.47 Å². The number of fused-ring (bicyclic) bond motifs is 1. The van der Waals surface area contributed by atoms with Crippen LogP contribution in [0.1, 0.15) is 30.3 Å². The Bertz CT molecular complexity index is 903. The minimum absolute atomic E-state index is 0.0159. The molecule has 2 aromatic rings. The maximum Gasteiger partial charge on any atom is 0.270 e. The van der Waals surface area contributed by atoms with Crippen LogP contribution in [0.5, 0.6) is 11.5 Å². The van der Waals surface area contributed by atoms with E-state index < -0.39 is 0 Å². The number of carbonyl (C=O) groups is 2. The monoisotopic (exact) mass is 447 g/mol. The minimum Gasteiger partial charge on any atom is -0.454 e. The van der Waals surface area contributed by atoms with E-state index in [-0.39, 0.29) is 24.5 Å². The molecule has 28 heavy (non-hydrogen) atoms. The number of aryl methyl sites for hydroxylation is 1. The quantitative estimate of drug-likeness (QED) is 0.778. The SMILES string of the molecule is CCn1cc(Br)cc1C(=O)N1CCC(C(=O)Nc2ccc3c(c2)OCO3)CC1. The summed E-state index contributed by atoms with van der Waals surface area (Å²) in [7, 11) is 0. The van der Waals surface area contributed by atoms with Crippen molar-refractivity contribution in [3.8, 4) is 11.5 Å². The highest BCUT2D eigenvalue weighted by Crippen LogP contribution is 2.34. The van der Waals surface area contributed by atoms with Gasteiger partial charge in [0, 0.05) is 48.0 Å². The third kappa shape index (κ3) is 3.73. The minimum atomic E-state index is -0.112. The molecule has 2 amide bonds. The van der Waals surface area contributed by atoms with Crippen LogP contribution in [0.2, 0.25) is 0 Å². The number of nitrogens with one attached hydrogen (secondary N) is 1. The number of rotatable bonds is 4. The summed E-state index contributed by atoms with van der Waals surface area (Å²) in [6.07, 6.45) is 3.21. The number of amides is 2. The summed E-state index contributed by atoms with van der Waals surface area (Å²) in [5, 5.41) is 2.95. The Kier molecular flexibility index (Phi) is 5.30. The van der Waals surface area contributed by atoms with Crippen LogP contribution in [0.3, 0.4) is 0 Å². The Balaban J connectivity index is 1.34. The van der Waals surface area contributed by atoms with Gasteiger partial charge in [0.25, 0.3) is 5.91 Å². The largest absolute Gasteiger partial charge is 0.454 e. The van der Waals surface area contributed by atoms with Crippen LogP contribution in [-0.2, 0) is 11.3 Å². The van der Waals surface area contributed by atoms with Gasteiger partial charge in [0.2, 0.25) is 12.7 Å². The Hall–Kier alpha value is -2.48. The lowest BCUT2D eigenvalue weighted by Gasteiger charge is -2.31. The highest BCUT2D eigenvalue weighted by Gasteiger charge is 2.29. The maximum absolute atomic E-state index is 12.8. The molecule has 0 aliphatic carbocycles. The van der Waals surface area contributed by atoms with Gasteiger partial charge >= 0.3 is 0 Å². The van der Waals surface area contributed by atoms with Gasteiger partial charge in [0.15, 0.2) is 11.5 Å². The first-order valence-electron chi connectivity index (χ1n) is 9.40. The van der Waals surface area contributed by atoms with E-state index in [9.17, 15) is 9.59 Å². The number of likely N-dealkylation sites (tertiary alicyclic amines) is 1. The molecule has 0 unspecified atom stereocenters. The third-order valence-corrected chi connectivity index (χ3v) is 5.65. The zero-order chi connectivity index (χ0) is 19.7. The molecule has 8 heteroatoms. The standard InChI is InChI=1S/C20H22BrN3O4/c1-2-23-11-14(21)9-16(23)20(26)24-7-5-13(6-8-24)19(25)22-15-3-4-17-18(10-15)28-12-27-17/h3-4,9-11,13H,2,5-8,12H2,1H3,(H,22,25). The number of ether oxygens (including phenoxy) is 2. The Labute approximate surface area is 171 Å². The summed E-state index contributed by atoms with van der Waals surface area (Å²) in [5.41, 5.74) is 1.37. The predicted octanol–water partition coefficient (Wildman–Crippen LogP) is 3.49. The van der Waals surface area contributed by atoms with Gasteiger partial charge in [-0.05, 0) is 53.9 Å². The number of aromatic nitrogens is 1. The Morgan fingerprint density at radius 1 is 1.18 bits per heavy atom. The van der Waals surface area contributed by atoms with Crippen LogP contribution in [0.25, 0.3) is 0 Å². The summed E-state index contributed by atoms with van der Waals surface area (Å²) >= 11 is 3.43. The van der Waals surface area contributed by atoms with Crippen LogP contribution in [-0.4, -0.2) is 41.2 Å². The van der Waals surface area contributed by atoms with Crippen molar-refractivity contribution < 1.29 is 19.1 Å². The summed E-state index contributed by atoms with van der Waals surface area (Å²) in [5.74, 6) is 1.21. The van der Waals surface area contributed by atoms with Crippen molar-refractivity contribution in [2.24, 2.45) is 5.92 Å². The van der Waals surface area contributed by atoms with Crippen LogP contribution in [0.4, 0.5) is 5.69 Å². The van der Waals surface area contributed by atoms with Crippen molar-refractivity contribution in [3.05, 3.63) is 40.6 Å². The fraction of sp³-hybridized carbons (Fsp3) is 0.400. The molecule has 4 rings (SSSR count). The predicted molar refractivity (Wildman–Crippen MR) is 108 cm³/mol. The van der Waals surface area contributed by atoms with Gasteiger partial charge in [-0.25, -0.2) is 0 Å². The molecule has 1 fully saturated rings. The van der Waals surface area contributed by atoms with Crippen LogP contribution in [0.15, 0.2) is 34.9 Å². The molecule has 3 heterocycles. The van der Waals surface area contributed by atoms with E-state index >= 15 is 0 Å². The van der Waals surface area contributed by atoms with Gasteiger partial charge in [-0.3, -0.25) is 9.59 Å². The fourth-order valence-electron chi connectivity index (χ4n) is 3.64. The molecule has 1 saturated heterocycles. The van der Waals surface area contributed by atoms with Crippen LogP contribution < -0.4 is 14.8 Å². The number of anilines is 1. The molecular weight excluding hydrogens is 426 g/mol. The average molecular weight is 448 g/mol. The smallest absolute Gasteiger partial charge is 0.270 e. The second-order valence-electron chi connectivity index (χ2n) is 6.95.